The maximum absolute atomic E-state index is 13.7. The second-order valence-electron chi connectivity index (χ2n) is 4.08. The fraction of sp³-hybridized carbons (Fsp3) is 0.455. The molecule has 0 amide bonds. The topological polar surface area (TPSA) is 47.6 Å². The van der Waals surface area contributed by atoms with Gasteiger partial charge in [-0.3, -0.25) is 0 Å². The SMILES string of the molecule is CC(C)(F)C1=C(C#N)C(C#N)=C(C(F)(F)F)C1. The second-order valence-corrected chi connectivity index (χ2v) is 4.08. The molecule has 6 heteroatoms. The van der Waals surface area contributed by atoms with Crippen molar-refractivity contribution in [2.24, 2.45) is 0 Å². The quantitative estimate of drug-likeness (QED) is 0.664. The van der Waals surface area contributed by atoms with E-state index in [9.17, 15) is 17.6 Å². The lowest BCUT2D eigenvalue weighted by molar-refractivity contribution is -0.0933. The molecular weight excluding hydrogens is 236 g/mol. The normalized spacial score (nSPS) is 17.2. The molecule has 0 atom stereocenters. The Bertz CT molecular complexity index is 444. The number of nitrogens with zero attached hydrogens (tertiary/aromatic N) is 2. The Labute approximate surface area is 95.5 Å². The minimum Gasteiger partial charge on any atom is -0.240 e. The van der Waals surface area contributed by atoms with Crippen molar-refractivity contribution in [3.05, 3.63) is 22.3 Å². The molecule has 17 heavy (non-hydrogen) atoms. The van der Waals surface area contributed by atoms with Gasteiger partial charge in [0, 0.05) is 6.42 Å². The maximum atomic E-state index is 13.7. The smallest absolute Gasteiger partial charge is 0.240 e. The van der Waals surface area contributed by atoms with Gasteiger partial charge in [0.15, 0.2) is 0 Å². The van der Waals surface area contributed by atoms with Gasteiger partial charge in [0.2, 0.25) is 0 Å². The molecule has 1 aliphatic rings. The molecule has 1 rings (SSSR count). The van der Waals surface area contributed by atoms with Gasteiger partial charge < -0.3 is 0 Å². The Morgan fingerprint density at radius 1 is 0.941 bits per heavy atom. The van der Waals surface area contributed by atoms with Crippen LogP contribution in [0.3, 0.4) is 0 Å². The van der Waals surface area contributed by atoms with E-state index >= 15 is 0 Å². The van der Waals surface area contributed by atoms with Crippen LogP contribution in [0.25, 0.3) is 0 Å². The molecule has 0 fully saturated rings. The van der Waals surface area contributed by atoms with E-state index in [-0.39, 0.29) is 5.57 Å². The molecule has 0 saturated carbocycles. The average Bonchev–Trinajstić information content (AvgIpc) is 2.54. The predicted octanol–water partition coefficient (Wildman–Crippen LogP) is 3.34. The van der Waals surface area contributed by atoms with E-state index in [1.807, 2.05) is 0 Å². The van der Waals surface area contributed by atoms with E-state index in [1.165, 1.54) is 12.1 Å². The minimum atomic E-state index is -4.72. The molecule has 0 aromatic heterocycles. The van der Waals surface area contributed by atoms with Crippen LogP contribution >= 0.6 is 0 Å². The Balaban J connectivity index is 3.41. The Hall–Kier alpha value is -1.82. The summed E-state index contributed by atoms with van der Waals surface area (Å²) in [5.41, 5.74) is -4.74. The first-order chi connectivity index (χ1) is 7.62. The summed E-state index contributed by atoms with van der Waals surface area (Å²) in [5, 5.41) is 17.4. The molecule has 0 N–H and O–H groups in total. The summed E-state index contributed by atoms with van der Waals surface area (Å²) in [7, 11) is 0. The lowest BCUT2D eigenvalue weighted by Crippen LogP contribution is -2.18. The van der Waals surface area contributed by atoms with Crippen molar-refractivity contribution in [2.45, 2.75) is 32.1 Å². The van der Waals surface area contributed by atoms with Crippen molar-refractivity contribution in [1.29, 1.82) is 10.5 Å². The minimum absolute atomic E-state index is 0.288. The van der Waals surface area contributed by atoms with Gasteiger partial charge in [0.1, 0.15) is 17.8 Å². The molecule has 2 nitrogen and oxygen atoms in total. The van der Waals surface area contributed by atoms with E-state index in [1.54, 1.807) is 0 Å². The van der Waals surface area contributed by atoms with Gasteiger partial charge in [-0.1, -0.05) is 0 Å². The Morgan fingerprint density at radius 3 is 1.65 bits per heavy atom. The van der Waals surface area contributed by atoms with Gasteiger partial charge in [0.05, 0.1) is 16.7 Å². The molecule has 0 aliphatic heterocycles. The van der Waals surface area contributed by atoms with E-state index in [2.05, 4.69) is 0 Å². The third-order valence-electron chi connectivity index (χ3n) is 2.49. The zero-order valence-electron chi connectivity index (χ0n) is 9.11. The lowest BCUT2D eigenvalue weighted by atomic mass is 9.94. The van der Waals surface area contributed by atoms with Crippen LogP contribution < -0.4 is 0 Å². The van der Waals surface area contributed by atoms with Gasteiger partial charge in [-0.15, -0.1) is 0 Å². The van der Waals surface area contributed by atoms with E-state index in [0.717, 1.165) is 13.8 Å². The standard InChI is InChI=1S/C11H8F4N2/c1-10(2,12)8-3-9(11(13,14)15)7(5-17)6(8)4-16/h3H2,1-2H3. The van der Waals surface area contributed by atoms with Gasteiger partial charge in [0.25, 0.3) is 0 Å². The highest BCUT2D eigenvalue weighted by atomic mass is 19.4. The Kier molecular flexibility index (Phi) is 3.03. The van der Waals surface area contributed by atoms with Crippen molar-refractivity contribution in [3.8, 4) is 12.1 Å². The summed E-state index contributed by atoms with van der Waals surface area (Å²) in [4.78, 5) is 0. The van der Waals surface area contributed by atoms with Gasteiger partial charge >= 0.3 is 6.18 Å². The first kappa shape index (κ1) is 13.2. The Morgan fingerprint density at radius 2 is 1.35 bits per heavy atom. The number of alkyl halides is 4. The fourth-order valence-electron chi connectivity index (χ4n) is 1.65. The monoisotopic (exact) mass is 244 g/mol. The summed E-state index contributed by atoms with van der Waals surface area (Å²) in [6.45, 7) is 2.13. The van der Waals surface area contributed by atoms with Crippen LogP contribution in [-0.2, 0) is 0 Å². The zero-order valence-corrected chi connectivity index (χ0v) is 9.11. The van der Waals surface area contributed by atoms with Gasteiger partial charge in [-0.2, -0.15) is 23.7 Å². The number of rotatable bonds is 1. The second kappa shape index (κ2) is 3.89. The average molecular weight is 244 g/mol. The van der Waals surface area contributed by atoms with Crippen LogP contribution in [-0.4, -0.2) is 11.8 Å². The predicted molar refractivity (Wildman–Crippen MR) is 51.1 cm³/mol. The van der Waals surface area contributed by atoms with Gasteiger partial charge in [-0.05, 0) is 19.4 Å². The number of allylic oxidation sites excluding steroid dienone is 4. The van der Waals surface area contributed by atoms with Crippen molar-refractivity contribution in [1.82, 2.24) is 0 Å². The van der Waals surface area contributed by atoms with Gasteiger partial charge in [-0.25, -0.2) is 4.39 Å². The highest BCUT2D eigenvalue weighted by Gasteiger charge is 2.45. The molecule has 0 heterocycles. The largest absolute Gasteiger partial charge is 0.414 e. The number of hydrogen-bond donors (Lipinski definition) is 0. The van der Waals surface area contributed by atoms with E-state index in [0.29, 0.717) is 0 Å². The molecule has 0 unspecified atom stereocenters. The lowest BCUT2D eigenvalue weighted by Gasteiger charge is -2.17. The van der Waals surface area contributed by atoms with E-state index in [4.69, 9.17) is 10.5 Å². The molecule has 0 saturated heterocycles. The summed E-state index contributed by atoms with van der Waals surface area (Å²) in [6, 6.07) is 2.82. The maximum Gasteiger partial charge on any atom is 0.414 e. The highest BCUT2D eigenvalue weighted by molar-refractivity contribution is 5.63. The third kappa shape index (κ3) is 2.31. The molecule has 1 aliphatic carbocycles. The summed E-state index contributed by atoms with van der Waals surface area (Å²) in [5.74, 6) is 0. The molecule has 0 aromatic rings. The molecular formula is C11H8F4N2. The van der Waals surface area contributed by atoms with Crippen LogP contribution in [0.15, 0.2) is 22.3 Å². The summed E-state index contributed by atoms with van der Waals surface area (Å²) < 4.78 is 51.5. The first-order valence-electron chi connectivity index (χ1n) is 4.66. The number of halogens is 4. The van der Waals surface area contributed by atoms with Crippen LogP contribution in [0, 0.1) is 22.7 Å². The fourth-order valence-corrected chi connectivity index (χ4v) is 1.65. The summed E-state index contributed by atoms with van der Waals surface area (Å²) in [6.07, 6.45) is -5.46. The van der Waals surface area contributed by atoms with Crippen molar-refractivity contribution >= 4 is 0 Å². The summed E-state index contributed by atoms with van der Waals surface area (Å²) >= 11 is 0. The van der Waals surface area contributed by atoms with Crippen molar-refractivity contribution < 1.29 is 17.6 Å². The van der Waals surface area contributed by atoms with Crippen LogP contribution in [0.2, 0.25) is 0 Å². The third-order valence-corrected chi connectivity index (χ3v) is 2.49. The zero-order chi connectivity index (χ0) is 13.4. The van der Waals surface area contributed by atoms with Crippen LogP contribution in [0.5, 0.6) is 0 Å². The molecule has 0 spiro atoms. The molecule has 90 valence electrons. The van der Waals surface area contributed by atoms with E-state index < -0.39 is 35.0 Å². The van der Waals surface area contributed by atoms with Crippen molar-refractivity contribution in [2.75, 3.05) is 0 Å². The van der Waals surface area contributed by atoms with Crippen LogP contribution in [0.4, 0.5) is 17.6 Å². The first-order valence-corrected chi connectivity index (χ1v) is 4.66. The molecule has 0 bridgehead atoms. The van der Waals surface area contributed by atoms with Crippen LogP contribution in [0.1, 0.15) is 20.3 Å². The van der Waals surface area contributed by atoms with Crippen molar-refractivity contribution in [3.63, 3.8) is 0 Å². The number of hydrogen-bond acceptors (Lipinski definition) is 2. The molecule has 0 radical (unpaired) electrons. The highest BCUT2D eigenvalue weighted by Crippen LogP contribution is 2.45. The number of nitriles is 2. The molecule has 0 aromatic carbocycles.